The van der Waals surface area contributed by atoms with Crippen molar-refractivity contribution in [3.8, 4) is 12.0 Å². The topological polar surface area (TPSA) is 65.7 Å². The Morgan fingerprint density at radius 1 is 1.26 bits per heavy atom. The van der Waals surface area contributed by atoms with Crippen molar-refractivity contribution in [1.29, 1.82) is 0 Å². The van der Waals surface area contributed by atoms with Crippen LogP contribution in [0, 0.1) is 13.8 Å². The highest BCUT2D eigenvalue weighted by Crippen LogP contribution is 2.22. The van der Waals surface area contributed by atoms with Gasteiger partial charge in [0.25, 0.3) is 5.95 Å². The summed E-state index contributed by atoms with van der Waals surface area (Å²) < 4.78 is 7.90. The van der Waals surface area contributed by atoms with Crippen LogP contribution in [-0.4, -0.2) is 31.3 Å². The zero-order valence-electron chi connectivity index (χ0n) is 10.8. The van der Waals surface area contributed by atoms with Gasteiger partial charge in [-0.15, -0.1) is 0 Å². The zero-order valence-corrected chi connectivity index (χ0v) is 13.2. The number of hydrogen-bond donors (Lipinski definition) is 0. The summed E-state index contributed by atoms with van der Waals surface area (Å²) >= 11 is 9.34. The maximum Gasteiger partial charge on any atom is 0.322 e. The number of hydrogen-bond acceptors (Lipinski definition) is 5. The van der Waals surface area contributed by atoms with Gasteiger partial charge in [0.2, 0.25) is 5.28 Å². The lowest BCUT2D eigenvalue weighted by Gasteiger charge is -2.06. The Balaban J connectivity index is 2.43. The largest absolute Gasteiger partial charge is 0.463 e. The van der Waals surface area contributed by atoms with E-state index in [1.165, 1.54) is 0 Å². The van der Waals surface area contributed by atoms with Crippen molar-refractivity contribution < 1.29 is 4.74 Å². The van der Waals surface area contributed by atoms with Crippen LogP contribution >= 0.6 is 27.5 Å². The molecule has 0 saturated carbocycles. The normalized spacial score (nSPS) is 10.8. The fraction of sp³-hybridized carbons (Fsp3) is 0.455. The molecule has 0 amide bonds. The fourth-order valence-corrected chi connectivity index (χ4v) is 1.89. The van der Waals surface area contributed by atoms with E-state index in [4.69, 9.17) is 16.3 Å². The molecule has 8 heteroatoms. The van der Waals surface area contributed by atoms with Gasteiger partial charge in [0.15, 0.2) is 0 Å². The summed E-state index contributed by atoms with van der Waals surface area (Å²) in [5.41, 5.74) is 1.74. The first-order valence-electron chi connectivity index (χ1n) is 5.79. The molecular formula is C11H13BrClN5O. The molecule has 2 heterocycles. The van der Waals surface area contributed by atoms with Gasteiger partial charge in [0.1, 0.15) is 0 Å². The fourth-order valence-electron chi connectivity index (χ4n) is 1.49. The highest BCUT2D eigenvalue weighted by atomic mass is 79.9. The van der Waals surface area contributed by atoms with E-state index >= 15 is 0 Å². The Morgan fingerprint density at radius 2 is 2.00 bits per heavy atom. The van der Waals surface area contributed by atoms with Crippen LogP contribution in [0.4, 0.5) is 0 Å². The summed E-state index contributed by atoms with van der Waals surface area (Å²) in [6, 6.07) is 0.209. The van der Waals surface area contributed by atoms with Crippen LogP contribution < -0.4 is 4.74 Å². The summed E-state index contributed by atoms with van der Waals surface area (Å²) in [5.74, 6) is 0.345. The molecule has 0 spiro atoms. The first-order valence-corrected chi connectivity index (χ1v) is 6.96. The molecule has 0 aliphatic rings. The number of aryl methyl sites for hydroxylation is 1. The molecule has 0 bridgehead atoms. The average Bonchev–Trinajstić information content (AvgIpc) is 2.63. The van der Waals surface area contributed by atoms with E-state index in [-0.39, 0.29) is 11.3 Å². The number of rotatable bonds is 4. The standard InChI is InChI=1S/C11H13BrClN5O/c1-4-5-19-11-15-9(13)14-10(16-11)18-7(3)8(12)6(2)17-18/h4-5H2,1-3H3. The molecule has 0 aliphatic heterocycles. The molecule has 102 valence electrons. The SMILES string of the molecule is CCCOc1nc(Cl)nc(-n2nc(C)c(Br)c2C)n1. The van der Waals surface area contributed by atoms with E-state index in [0.717, 1.165) is 22.3 Å². The number of ether oxygens (including phenoxy) is 1. The predicted octanol–water partition coefficient (Wildman–Crippen LogP) is 2.88. The van der Waals surface area contributed by atoms with E-state index in [2.05, 4.69) is 36.0 Å². The second-order valence-electron chi connectivity index (χ2n) is 3.93. The van der Waals surface area contributed by atoms with Gasteiger partial charge < -0.3 is 4.74 Å². The third-order valence-corrected chi connectivity index (χ3v) is 3.72. The Labute approximate surface area is 124 Å². The highest BCUT2D eigenvalue weighted by molar-refractivity contribution is 9.10. The molecule has 0 aliphatic carbocycles. The van der Waals surface area contributed by atoms with Gasteiger partial charge in [-0.05, 0) is 47.8 Å². The first kappa shape index (κ1) is 14.2. The zero-order chi connectivity index (χ0) is 14.0. The number of halogens is 2. The van der Waals surface area contributed by atoms with Crippen molar-refractivity contribution in [2.24, 2.45) is 0 Å². The molecule has 6 nitrogen and oxygen atoms in total. The molecule has 0 N–H and O–H groups in total. The van der Waals surface area contributed by atoms with Crippen molar-refractivity contribution in [3.63, 3.8) is 0 Å². The van der Waals surface area contributed by atoms with Gasteiger partial charge in [-0.1, -0.05) is 6.92 Å². The number of nitrogens with zero attached hydrogens (tertiary/aromatic N) is 5. The smallest absolute Gasteiger partial charge is 0.322 e. The van der Waals surface area contributed by atoms with E-state index < -0.39 is 0 Å². The Kier molecular flexibility index (Phi) is 4.36. The van der Waals surface area contributed by atoms with Crippen LogP contribution in [-0.2, 0) is 0 Å². The summed E-state index contributed by atoms with van der Waals surface area (Å²) in [7, 11) is 0. The molecule has 0 fully saturated rings. The van der Waals surface area contributed by atoms with Crippen LogP contribution in [0.5, 0.6) is 6.01 Å². The van der Waals surface area contributed by atoms with E-state index in [1.54, 1.807) is 4.68 Å². The lowest BCUT2D eigenvalue weighted by Crippen LogP contribution is -2.09. The van der Waals surface area contributed by atoms with Crippen molar-refractivity contribution in [2.75, 3.05) is 6.61 Å². The Morgan fingerprint density at radius 3 is 2.58 bits per heavy atom. The predicted molar refractivity (Wildman–Crippen MR) is 74.9 cm³/mol. The van der Waals surface area contributed by atoms with E-state index in [1.807, 2.05) is 20.8 Å². The van der Waals surface area contributed by atoms with Gasteiger partial charge in [-0.2, -0.15) is 20.1 Å². The van der Waals surface area contributed by atoms with Crippen LogP contribution in [0.3, 0.4) is 0 Å². The van der Waals surface area contributed by atoms with Gasteiger partial charge >= 0.3 is 6.01 Å². The maximum absolute atomic E-state index is 5.88. The van der Waals surface area contributed by atoms with Crippen molar-refractivity contribution in [2.45, 2.75) is 27.2 Å². The average molecular weight is 347 g/mol. The number of aromatic nitrogens is 5. The first-order chi connectivity index (χ1) is 9.02. The quantitative estimate of drug-likeness (QED) is 0.851. The van der Waals surface area contributed by atoms with Crippen molar-refractivity contribution >= 4 is 27.5 Å². The third kappa shape index (κ3) is 3.03. The van der Waals surface area contributed by atoms with Gasteiger partial charge in [0.05, 0.1) is 22.5 Å². The molecule has 0 unspecified atom stereocenters. The van der Waals surface area contributed by atoms with Crippen molar-refractivity contribution in [1.82, 2.24) is 24.7 Å². The lowest BCUT2D eigenvalue weighted by molar-refractivity contribution is 0.290. The van der Waals surface area contributed by atoms with Crippen LogP contribution in [0.1, 0.15) is 24.7 Å². The summed E-state index contributed by atoms with van der Waals surface area (Å²) in [6.45, 7) is 6.33. The second-order valence-corrected chi connectivity index (χ2v) is 5.06. The third-order valence-electron chi connectivity index (χ3n) is 2.40. The molecule has 2 aromatic rings. The summed E-state index contributed by atoms with van der Waals surface area (Å²) in [5, 5.41) is 4.43. The van der Waals surface area contributed by atoms with E-state index in [9.17, 15) is 0 Å². The van der Waals surface area contributed by atoms with Gasteiger partial charge in [-0.25, -0.2) is 4.68 Å². The molecule has 0 atom stereocenters. The molecule has 19 heavy (non-hydrogen) atoms. The van der Waals surface area contributed by atoms with Gasteiger partial charge in [-0.3, -0.25) is 0 Å². The molecular weight excluding hydrogens is 334 g/mol. The summed E-state index contributed by atoms with van der Waals surface area (Å²) in [6.07, 6.45) is 0.865. The Bertz CT molecular complexity index is 601. The minimum atomic E-state index is 0.0831. The van der Waals surface area contributed by atoms with Crippen molar-refractivity contribution in [3.05, 3.63) is 21.1 Å². The van der Waals surface area contributed by atoms with Crippen LogP contribution in [0.25, 0.3) is 5.95 Å². The second kappa shape index (κ2) is 5.83. The summed E-state index contributed by atoms with van der Waals surface area (Å²) in [4.78, 5) is 12.2. The molecule has 2 aromatic heterocycles. The van der Waals surface area contributed by atoms with Crippen LogP contribution in [0.15, 0.2) is 4.47 Å². The monoisotopic (exact) mass is 345 g/mol. The van der Waals surface area contributed by atoms with Gasteiger partial charge in [0, 0.05) is 0 Å². The Hall–Kier alpha value is -1.21. The molecule has 0 saturated heterocycles. The van der Waals surface area contributed by atoms with E-state index in [0.29, 0.717) is 12.6 Å². The molecule has 0 radical (unpaired) electrons. The maximum atomic E-state index is 5.88. The highest BCUT2D eigenvalue weighted by Gasteiger charge is 2.14. The molecule has 2 rings (SSSR count). The van der Waals surface area contributed by atoms with Crippen LogP contribution in [0.2, 0.25) is 5.28 Å². The minimum Gasteiger partial charge on any atom is -0.463 e. The minimum absolute atomic E-state index is 0.0831. The lowest BCUT2D eigenvalue weighted by atomic mass is 10.4. The molecule has 0 aromatic carbocycles.